The number of hydrogen-bond donors (Lipinski definition) is 2. The lowest BCUT2D eigenvalue weighted by atomic mass is 9.80. The fourth-order valence-electron chi connectivity index (χ4n) is 6.77. The van der Waals surface area contributed by atoms with Gasteiger partial charge < -0.3 is 15.4 Å². The molecule has 2 atom stereocenters. The summed E-state index contributed by atoms with van der Waals surface area (Å²) in [5.41, 5.74) is 3.96. The highest BCUT2D eigenvalue weighted by Gasteiger charge is 2.52. The van der Waals surface area contributed by atoms with Crippen molar-refractivity contribution in [2.75, 3.05) is 16.8 Å². The molecule has 0 saturated carbocycles. The van der Waals surface area contributed by atoms with Gasteiger partial charge in [-0.1, -0.05) is 100 Å². The van der Waals surface area contributed by atoms with Gasteiger partial charge in [0.2, 0.25) is 5.91 Å². The summed E-state index contributed by atoms with van der Waals surface area (Å²) in [6, 6.07) is 24.1. The van der Waals surface area contributed by atoms with E-state index in [1.54, 1.807) is 45.9 Å². The molecule has 7 nitrogen and oxygen atoms in total. The molecule has 2 N–H and O–H groups in total. The molecule has 3 amide bonds. The van der Waals surface area contributed by atoms with E-state index >= 15 is 0 Å². The normalized spacial score (nSPS) is 16.8. The first kappa shape index (κ1) is 31.0. The number of rotatable bonds is 7. The molecule has 46 heavy (non-hydrogen) atoms. The van der Waals surface area contributed by atoms with Gasteiger partial charge in [0, 0.05) is 17.0 Å². The van der Waals surface area contributed by atoms with Gasteiger partial charge in [-0.05, 0) is 51.9 Å². The first-order valence-electron chi connectivity index (χ1n) is 15.3. The van der Waals surface area contributed by atoms with E-state index in [1.807, 2.05) is 54.6 Å². The van der Waals surface area contributed by atoms with Gasteiger partial charge >= 0.3 is 6.09 Å². The largest absolute Gasteiger partial charge is 0.449 e. The molecule has 0 saturated heterocycles. The van der Waals surface area contributed by atoms with Gasteiger partial charge in [0.05, 0.1) is 0 Å². The number of nitrogens with zero attached hydrogens (tertiary/aromatic N) is 1. The van der Waals surface area contributed by atoms with Crippen molar-refractivity contribution in [1.82, 2.24) is 5.32 Å². The van der Waals surface area contributed by atoms with Crippen LogP contribution < -0.4 is 15.5 Å². The molecule has 2 aliphatic rings. The van der Waals surface area contributed by atoms with Gasteiger partial charge in [-0.25, -0.2) is 13.6 Å². The van der Waals surface area contributed by atoms with Crippen LogP contribution in [-0.2, 0) is 19.7 Å². The van der Waals surface area contributed by atoms with Gasteiger partial charge in [0.15, 0.2) is 0 Å². The highest BCUT2D eigenvalue weighted by atomic mass is 19.1. The van der Waals surface area contributed by atoms with Crippen LogP contribution in [0.4, 0.5) is 25.0 Å². The van der Waals surface area contributed by atoms with Crippen molar-refractivity contribution in [3.05, 3.63) is 119 Å². The molecule has 236 valence electrons. The summed E-state index contributed by atoms with van der Waals surface area (Å²) < 4.78 is 34.8. The van der Waals surface area contributed by atoms with Crippen molar-refractivity contribution >= 4 is 29.3 Å². The second-order valence-electron chi connectivity index (χ2n) is 12.6. The molecule has 4 aromatic rings. The van der Waals surface area contributed by atoms with Crippen LogP contribution in [0, 0.1) is 17.6 Å². The SMILES string of the molecule is CC(C)C(NC(=O)OCC1c2ccccc2-c2ccccc21)C(=O)N1c2ccccc2C(C)(C)C1C(=O)Nc1c(F)cccc1F. The number of halogens is 2. The number of alkyl carbamates (subject to hydrolysis) is 1. The first-order valence-corrected chi connectivity index (χ1v) is 15.3. The number of carbonyl (C=O) groups excluding carboxylic acids is 3. The van der Waals surface area contributed by atoms with Gasteiger partial charge in [-0.15, -0.1) is 0 Å². The maximum atomic E-state index is 14.5. The van der Waals surface area contributed by atoms with E-state index < -0.39 is 58.6 Å². The lowest BCUT2D eigenvalue weighted by Gasteiger charge is -2.35. The quantitative estimate of drug-likeness (QED) is 0.229. The molecule has 9 heteroatoms. The standard InChI is InChI=1S/C37H35F2N3O4/c1-21(2)31(41-36(45)46-20-26-24-14-7-5-12-22(24)23-13-6-8-15-25(23)26)35(44)42-30-19-10-9-16-27(30)37(3,4)33(42)34(43)40-32-28(38)17-11-18-29(32)39/h5-19,21,26,31,33H,20H2,1-4H3,(H,40,43)(H,41,45). The molecular formula is C37H35F2N3O4. The van der Waals surface area contributed by atoms with E-state index in [1.165, 1.54) is 11.0 Å². The van der Waals surface area contributed by atoms with Crippen LogP contribution in [0.5, 0.6) is 0 Å². The molecule has 1 heterocycles. The number of carbonyl (C=O) groups is 3. The topological polar surface area (TPSA) is 87.7 Å². The van der Waals surface area contributed by atoms with Crippen molar-refractivity contribution in [2.45, 2.75) is 51.1 Å². The molecule has 2 unspecified atom stereocenters. The Balaban J connectivity index is 1.25. The number of hydrogen-bond acceptors (Lipinski definition) is 4. The van der Waals surface area contributed by atoms with Gasteiger partial charge in [0.1, 0.15) is 36.0 Å². The molecule has 1 aliphatic heterocycles. The van der Waals surface area contributed by atoms with Gasteiger partial charge in [-0.3, -0.25) is 14.5 Å². The Morgan fingerprint density at radius 3 is 2.00 bits per heavy atom. The number of anilines is 2. The van der Waals surface area contributed by atoms with E-state index in [-0.39, 0.29) is 12.5 Å². The summed E-state index contributed by atoms with van der Waals surface area (Å²) in [5.74, 6) is -3.73. The Hall–Kier alpha value is -5.05. The predicted octanol–water partition coefficient (Wildman–Crippen LogP) is 7.16. The van der Waals surface area contributed by atoms with Crippen LogP contribution >= 0.6 is 0 Å². The summed E-state index contributed by atoms with van der Waals surface area (Å²) in [5, 5.41) is 5.12. The minimum atomic E-state index is -1.18. The number of benzene rings is 4. The third-order valence-electron chi connectivity index (χ3n) is 9.05. The molecular weight excluding hydrogens is 588 g/mol. The third-order valence-corrected chi connectivity index (χ3v) is 9.05. The molecule has 0 radical (unpaired) electrons. The molecule has 0 bridgehead atoms. The Morgan fingerprint density at radius 1 is 0.826 bits per heavy atom. The second kappa shape index (κ2) is 12.0. The van der Waals surface area contributed by atoms with Crippen molar-refractivity contribution < 1.29 is 27.9 Å². The summed E-state index contributed by atoms with van der Waals surface area (Å²) in [7, 11) is 0. The highest BCUT2D eigenvalue weighted by Crippen LogP contribution is 2.47. The minimum absolute atomic E-state index is 0.0671. The fourth-order valence-corrected chi connectivity index (χ4v) is 6.77. The van der Waals surface area contributed by atoms with E-state index in [9.17, 15) is 23.2 Å². The first-order chi connectivity index (χ1) is 22.0. The lowest BCUT2D eigenvalue weighted by Crippen LogP contribution is -2.58. The van der Waals surface area contributed by atoms with Crippen LogP contribution in [-0.4, -0.2) is 36.6 Å². The van der Waals surface area contributed by atoms with Crippen LogP contribution in [0.15, 0.2) is 91.0 Å². The zero-order valence-corrected chi connectivity index (χ0v) is 26.0. The van der Waals surface area contributed by atoms with E-state index in [4.69, 9.17) is 4.74 Å². The Bertz CT molecular complexity index is 1770. The van der Waals surface area contributed by atoms with Crippen LogP contribution in [0.1, 0.15) is 50.3 Å². The van der Waals surface area contributed by atoms with Gasteiger partial charge in [0.25, 0.3) is 5.91 Å². The Kier molecular flexibility index (Phi) is 8.10. The summed E-state index contributed by atoms with van der Waals surface area (Å²) >= 11 is 0. The van der Waals surface area contributed by atoms with Gasteiger partial charge in [-0.2, -0.15) is 0 Å². The monoisotopic (exact) mass is 623 g/mol. The highest BCUT2D eigenvalue weighted by molar-refractivity contribution is 6.10. The molecule has 4 aromatic carbocycles. The summed E-state index contributed by atoms with van der Waals surface area (Å²) in [6.07, 6.45) is -0.768. The maximum Gasteiger partial charge on any atom is 0.407 e. The average Bonchev–Trinajstić information content (AvgIpc) is 3.48. The zero-order chi connectivity index (χ0) is 32.7. The van der Waals surface area contributed by atoms with E-state index in [2.05, 4.69) is 10.6 Å². The number of para-hydroxylation sites is 2. The van der Waals surface area contributed by atoms with Crippen LogP contribution in [0.25, 0.3) is 11.1 Å². The predicted molar refractivity (Wildman–Crippen MR) is 173 cm³/mol. The third kappa shape index (κ3) is 5.29. The van der Waals surface area contributed by atoms with E-state index in [0.29, 0.717) is 11.3 Å². The summed E-state index contributed by atoms with van der Waals surface area (Å²) in [6.45, 7) is 7.22. The fraction of sp³-hybridized carbons (Fsp3) is 0.270. The minimum Gasteiger partial charge on any atom is -0.449 e. The van der Waals surface area contributed by atoms with Crippen molar-refractivity contribution in [3.8, 4) is 11.1 Å². The molecule has 6 rings (SSSR count). The molecule has 0 spiro atoms. The number of amides is 3. The molecule has 1 aliphatic carbocycles. The number of nitrogens with one attached hydrogen (secondary N) is 2. The van der Waals surface area contributed by atoms with Crippen LogP contribution in [0.2, 0.25) is 0 Å². The average molecular weight is 624 g/mol. The second-order valence-corrected chi connectivity index (χ2v) is 12.6. The van der Waals surface area contributed by atoms with Crippen molar-refractivity contribution in [1.29, 1.82) is 0 Å². The number of ether oxygens (including phenoxy) is 1. The van der Waals surface area contributed by atoms with E-state index in [0.717, 1.165) is 34.4 Å². The van der Waals surface area contributed by atoms with Crippen LogP contribution in [0.3, 0.4) is 0 Å². The molecule has 0 fully saturated rings. The van der Waals surface area contributed by atoms with Crippen molar-refractivity contribution in [2.24, 2.45) is 5.92 Å². The smallest absolute Gasteiger partial charge is 0.407 e. The lowest BCUT2D eigenvalue weighted by molar-refractivity contribution is -0.126. The Labute approximate surface area is 266 Å². The molecule has 0 aromatic heterocycles. The maximum absolute atomic E-state index is 14.5. The zero-order valence-electron chi connectivity index (χ0n) is 26.0. The Morgan fingerprint density at radius 2 is 1.39 bits per heavy atom. The van der Waals surface area contributed by atoms with Crippen molar-refractivity contribution in [3.63, 3.8) is 0 Å². The summed E-state index contributed by atoms with van der Waals surface area (Å²) in [4.78, 5) is 42.8. The number of fused-ring (bicyclic) bond motifs is 4.